The molecule has 0 saturated heterocycles. The zero-order valence-corrected chi connectivity index (χ0v) is 15.5. The van der Waals surface area contributed by atoms with E-state index < -0.39 is 17.4 Å². The maximum atomic E-state index is 12.0. The molecule has 5 atom stereocenters. The molecule has 0 amide bonds. The van der Waals surface area contributed by atoms with Gasteiger partial charge in [0.05, 0.1) is 5.41 Å². The third-order valence-corrected chi connectivity index (χ3v) is 6.96. The number of hydrogen-bond donors (Lipinski definition) is 2. The second-order valence-corrected chi connectivity index (χ2v) is 8.65. The van der Waals surface area contributed by atoms with Crippen LogP contribution < -0.4 is 0 Å². The van der Waals surface area contributed by atoms with Crippen LogP contribution in [0.5, 0.6) is 0 Å². The van der Waals surface area contributed by atoms with Gasteiger partial charge in [-0.3, -0.25) is 9.59 Å². The van der Waals surface area contributed by atoms with Gasteiger partial charge in [-0.15, -0.1) is 0 Å². The number of allylic oxidation sites excluding steroid dienone is 2. The lowest BCUT2D eigenvalue weighted by atomic mass is 9.47. The highest BCUT2D eigenvalue weighted by molar-refractivity contribution is 5.75. The molecule has 0 aromatic heterocycles. The average molecular weight is 336 g/mol. The van der Waals surface area contributed by atoms with Crippen LogP contribution in [-0.4, -0.2) is 22.2 Å². The van der Waals surface area contributed by atoms with E-state index in [2.05, 4.69) is 19.9 Å². The van der Waals surface area contributed by atoms with Gasteiger partial charge in [0.1, 0.15) is 0 Å². The monoisotopic (exact) mass is 336 g/mol. The Hall–Kier alpha value is -1.32. The van der Waals surface area contributed by atoms with E-state index in [0.717, 1.165) is 38.5 Å². The summed E-state index contributed by atoms with van der Waals surface area (Å²) in [7, 11) is 0. The van der Waals surface area contributed by atoms with Gasteiger partial charge in [-0.2, -0.15) is 0 Å². The number of fused-ring (bicyclic) bond motifs is 1. The average Bonchev–Trinajstić information content (AvgIpc) is 2.45. The number of hydrogen-bond acceptors (Lipinski definition) is 2. The summed E-state index contributed by atoms with van der Waals surface area (Å²) in [5, 5.41) is 18.8. The smallest absolute Gasteiger partial charge is 0.309 e. The van der Waals surface area contributed by atoms with Crippen LogP contribution in [0.3, 0.4) is 0 Å². The lowest BCUT2D eigenvalue weighted by Gasteiger charge is -2.56. The molecule has 2 rings (SSSR count). The molecule has 0 spiro atoms. The number of aliphatic carboxylic acids is 2. The second-order valence-electron chi connectivity index (χ2n) is 8.65. The first-order valence-electron chi connectivity index (χ1n) is 9.23. The molecule has 1 fully saturated rings. The van der Waals surface area contributed by atoms with Crippen LogP contribution in [0, 0.1) is 28.6 Å². The predicted octanol–water partition coefficient (Wildman–Crippen LogP) is 4.74. The second kappa shape index (κ2) is 6.89. The first kappa shape index (κ1) is 19.0. The van der Waals surface area contributed by atoms with Crippen molar-refractivity contribution in [2.24, 2.45) is 28.6 Å². The fraction of sp³-hybridized carbons (Fsp3) is 0.800. The molecule has 0 bridgehead atoms. The molecule has 4 nitrogen and oxygen atoms in total. The van der Waals surface area contributed by atoms with Crippen molar-refractivity contribution in [1.82, 2.24) is 0 Å². The summed E-state index contributed by atoms with van der Waals surface area (Å²) in [5.41, 5.74) is 0.730. The number of carbonyl (C=O) groups is 2. The minimum Gasteiger partial charge on any atom is -0.481 e. The number of rotatable bonds is 6. The molecule has 0 aromatic rings. The fourth-order valence-corrected chi connectivity index (χ4v) is 5.49. The van der Waals surface area contributed by atoms with Gasteiger partial charge in [0.15, 0.2) is 0 Å². The Balaban J connectivity index is 2.21. The van der Waals surface area contributed by atoms with E-state index in [0.29, 0.717) is 5.92 Å². The Morgan fingerprint density at radius 1 is 1.29 bits per heavy atom. The molecule has 1 saturated carbocycles. The molecule has 4 heteroatoms. The predicted molar refractivity (Wildman–Crippen MR) is 93.7 cm³/mol. The Morgan fingerprint density at radius 3 is 2.54 bits per heavy atom. The molecule has 0 unspecified atom stereocenters. The van der Waals surface area contributed by atoms with Crippen molar-refractivity contribution in [3.05, 3.63) is 11.6 Å². The van der Waals surface area contributed by atoms with Gasteiger partial charge in [0.2, 0.25) is 0 Å². The largest absolute Gasteiger partial charge is 0.481 e. The summed E-state index contributed by atoms with van der Waals surface area (Å²) in [6.45, 7) is 8.37. The summed E-state index contributed by atoms with van der Waals surface area (Å²) in [6.07, 6.45) is 7.94. The summed E-state index contributed by atoms with van der Waals surface area (Å²) in [5.74, 6) is -0.706. The van der Waals surface area contributed by atoms with E-state index in [1.54, 1.807) is 0 Å². The summed E-state index contributed by atoms with van der Waals surface area (Å²) in [6, 6.07) is 0. The van der Waals surface area contributed by atoms with E-state index in [1.807, 2.05) is 13.8 Å². The minimum atomic E-state index is -0.737. The molecule has 0 aliphatic heterocycles. The SMILES string of the molecule is CC1=CC[C@@H]2[C@](C)(CCC[C@@]2(C)C(=O)O)[C@H]1CC[C@H](C)CC(=O)O. The number of carboxylic acid groups (broad SMARTS) is 2. The van der Waals surface area contributed by atoms with E-state index >= 15 is 0 Å². The van der Waals surface area contributed by atoms with Gasteiger partial charge in [-0.1, -0.05) is 31.9 Å². The van der Waals surface area contributed by atoms with Crippen molar-refractivity contribution in [1.29, 1.82) is 0 Å². The summed E-state index contributed by atoms with van der Waals surface area (Å²) in [4.78, 5) is 22.9. The van der Waals surface area contributed by atoms with Crippen molar-refractivity contribution < 1.29 is 19.8 Å². The van der Waals surface area contributed by atoms with Gasteiger partial charge in [0, 0.05) is 6.42 Å². The van der Waals surface area contributed by atoms with Crippen molar-refractivity contribution in [2.75, 3.05) is 0 Å². The summed E-state index contributed by atoms with van der Waals surface area (Å²) < 4.78 is 0. The lowest BCUT2D eigenvalue weighted by Crippen LogP contribution is -2.52. The zero-order chi connectivity index (χ0) is 18.1. The lowest BCUT2D eigenvalue weighted by molar-refractivity contribution is -0.162. The normalized spacial score (nSPS) is 37.2. The van der Waals surface area contributed by atoms with E-state index in [1.165, 1.54) is 5.57 Å². The first-order chi connectivity index (χ1) is 11.1. The molecular weight excluding hydrogens is 304 g/mol. The Labute approximate surface area is 145 Å². The molecule has 0 aromatic carbocycles. The maximum absolute atomic E-state index is 12.0. The zero-order valence-electron chi connectivity index (χ0n) is 15.5. The molecular formula is C20H32O4. The Bertz CT molecular complexity index is 538. The van der Waals surface area contributed by atoms with Crippen LogP contribution in [0.4, 0.5) is 0 Å². The van der Waals surface area contributed by atoms with Crippen LogP contribution in [0.25, 0.3) is 0 Å². The first-order valence-corrected chi connectivity index (χ1v) is 9.23. The van der Waals surface area contributed by atoms with Crippen molar-refractivity contribution >= 4 is 11.9 Å². The van der Waals surface area contributed by atoms with Crippen LogP contribution >= 0.6 is 0 Å². The molecule has 2 N–H and O–H groups in total. The highest BCUT2D eigenvalue weighted by Gasteiger charge is 2.56. The van der Waals surface area contributed by atoms with Gasteiger partial charge in [-0.05, 0) is 69.1 Å². The van der Waals surface area contributed by atoms with Crippen molar-refractivity contribution in [3.63, 3.8) is 0 Å². The van der Waals surface area contributed by atoms with E-state index in [4.69, 9.17) is 5.11 Å². The van der Waals surface area contributed by atoms with E-state index in [9.17, 15) is 14.7 Å². The standard InChI is InChI=1S/C20H32O4/c1-13(12-17(21)22)6-8-15-14(2)7-9-16-19(15,3)10-5-11-20(16,4)18(23)24/h7,13,15-16H,5-6,8-12H2,1-4H3,(H,21,22)(H,23,24)/t13-,15-,16+,19+,20+/m0/s1. The van der Waals surface area contributed by atoms with Crippen molar-refractivity contribution in [2.45, 2.75) is 72.6 Å². The van der Waals surface area contributed by atoms with Gasteiger partial charge in [-0.25, -0.2) is 0 Å². The third kappa shape index (κ3) is 3.38. The quantitative estimate of drug-likeness (QED) is 0.687. The molecule has 2 aliphatic carbocycles. The van der Waals surface area contributed by atoms with Gasteiger partial charge >= 0.3 is 11.9 Å². The molecule has 136 valence electrons. The topological polar surface area (TPSA) is 74.6 Å². The minimum absolute atomic E-state index is 0.00711. The van der Waals surface area contributed by atoms with Gasteiger partial charge in [0.25, 0.3) is 0 Å². The van der Waals surface area contributed by atoms with Crippen LogP contribution in [-0.2, 0) is 9.59 Å². The fourth-order valence-electron chi connectivity index (χ4n) is 5.49. The van der Waals surface area contributed by atoms with E-state index in [-0.39, 0.29) is 23.7 Å². The molecule has 2 aliphatic rings. The highest BCUT2D eigenvalue weighted by atomic mass is 16.4. The number of carboxylic acids is 2. The molecule has 0 radical (unpaired) electrons. The van der Waals surface area contributed by atoms with Gasteiger partial charge < -0.3 is 10.2 Å². The van der Waals surface area contributed by atoms with Crippen LogP contribution in [0.2, 0.25) is 0 Å². The third-order valence-electron chi connectivity index (χ3n) is 6.96. The Kier molecular flexibility index (Phi) is 5.46. The van der Waals surface area contributed by atoms with Crippen molar-refractivity contribution in [3.8, 4) is 0 Å². The highest BCUT2D eigenvalue weighted by Crippen LogP contribution is 2.60. The molecule has 24 heavy (non-hydrogen) atoms. The van der Waals surface area contributed by atoms with Crippen LogP contribution in [0.1, 0.15) is 72.6 Å². The van der Waals surface area contributed by atoms with Crippen LogP contribution in [0.15, 0.2) is 11.6 Å². The summed E-state index contributed by atoms with van der Waals surface area (Å²) >= 11 is 0. The molecule has 0 heterocycles. The Morgan fingerprint density at radius 2 is 1.96 bits per heavy atom. The maximum Gasteiger partial charge on any atom is 0.309 e.